The van der Waals surface area contributed by atoms with E-state index in [1.807, 2.05) is 36.4 Å². The Morgan fingerprint density at radius 3 is 1.69 bits per heavy atom. The fourth-order valence-electron chi connectivity index (χ4n) is 6.62. The van der Waals surface area contributed by atoms with Crippen LogP contribution in [0.25, 0.3) is 0 Å². The van der Waals surface area contributed by atoms with Crippen LogP contribution in [-0.2, 0) is 59.2 Å². The Balaban J connectivity index is 0.000000236. The van der Waals surface area contributed by atoms with Gasteiger partial charge in [0, 0.05) is 45.6 Å². The molecule has 0 unspecified atom stereocenters. The van der Waals surface area contributed by atoms with Gasteiger partial charge >= 0.3 is 30.2 Å². The van der Waals surface area contributed by atoms with Crippen LogP contribution in [0.3, 0.4) is 0 Å². The van der Waals surface area contributed by atoms with Gasteiger partial charge in [0.1, 0.15) is 29.9 Å². The molecule has 0 spiro atoms. The zero-order chi connectivity index (χ0) is 36.7. The molecule has 6 rings (SSSR count). The predicted octanol–water partition coefficient (Wildman–Crippen LogP) is 4.24. The van der Waals surface area contributed by atoms with Crippen LogP contribution in [-0.4, -0.2) is 115 Å². The first-order valence-corrected chi connectivity index (χ1v) is 17.3. The lowest BCUT2D eigenvalue weighted by Gasteiger charge is -2.29. The summed E-state index contributed by atoms with van der Waals surface area (Å²) < 4.78 is 26.0. The lowest BCUT2D eigenvalue weighted by Crippen LogP contribution is -2.44. The molecule has 0 aromatic heterocycles. The van der Waals surface area contributed by atoms with E-state index in [1.165, 1.54) is 35.8 Å². The average Bonchev–Trinajstić information content (AvgIpc) is 3.77. The molecule has 284 valence electrons. The Hall–Kier alpha value is -4.56. The zero-order valence-corrected chi connectivity index (χ0v) is 31.1. The standard InChI is InChI=1S/C21H28N2O6.C16H20N2O4.ClH/c1-21(2,3)29-20(26)23-13-16(11-17(23)18(24)27-4)28-19(25)22-10-9-14-7-5-6-8-15(14)12-22;1-21-15(19)14-8-13(9-17-14)22-16(20)18-7-6-11-4-2-3-5-12(11)10-18;/h5-8,16-17H,9-13H2,1-4H3;2-5,13-14,17H,6-10H2,1H3;1H/t16-,17+;13-,14+;/m11./s1. The van der Waals surface area contributed by atoms with Crippen molar-refractivity contribution in [2.24, 2.45) is 0 Å². The number of carbonyl (C=O) groups is 5. The van der Waals surface area contributed by atoms with E-state index in [9.17, 15) is 24.0 Å². The van der Waals surface area contributed by atoms with Gasteiger partial charge in [-0.05, 0) is 55.9 Å². The minimum atomic E-state index is -0.838. The van der Waals surface area contributed by atoms with E-state index in [4.69, 9.17) is 23.7 Å². The molecule has 1 N–H and O–H groups in total. The van der Waals surface area contributed by atoms with Crippen molar-refractivity contribution in [2.75, 3.05) is 40.4 Å². The van der Waals surface area contributed by atoms with Crippen LogP contribution in [0.4, 0.5) is 14.4 Å². The Morgan fingerprint density at radius 1 is 0.692 bits per heavy atom. The number of ether oxygens (including phenoxy) is 5. The molecule has 4 aliphatic heterocycles. The molecule has 3 amide bonds. The number of halogens is 1. The number of rotatable bonds is 4. The molecule has 0 radical (unpaired) electrons. The van der Waals surface area contributed by atoms with E-state index in [0.717, 1.165) is 18.4 Å². The van der Waals surface area contributed by atoms with Crippen molar-refractivity contribution < 1.29 is 47.7 Å². The molecule has 4 aliphatic rings. The second-order valence-corrected chi connectivity index (χ2v) is 14.0. The number of hydrogen-bond donors (Lipinski definition) is 1. The van der Waals surface area contributed by atoms with Crippen LogP contribution in [0.5, 0.6) is 0 Å². The van der Waals surface area contributed by atoms with E-state index in [2.05, 4.69) is 17.4 Å². The van der Waals surface area contributed by atoms with Crippen molar-refractivity contribution in [2.45, 2.75) is 89.4 Å². The molecule has 0 bridgehead atoms. The zero-order valence-electron chi connectivity index (χ0n) is 30.3. The number of nitrogens with one attached hydrogen (secondary N) is 1. The summed E-state index contributed by atoms with van der Waals surface area (Å²) in [6.07, 6.45) is -0.0105. The van der Waals surface area contributed by atoms with Crippen molar-refractivity contribution in [1.82, 2.24) is 20.0 Å². The number of nitrogens with zero attached hydrogens (tertiary/aromatic N) is 3. The summed E-state index contributed by atoms with van der Waals surface area (Å²) >= 11 is 0. The number of likely N-dealkylation sites (tertiary alicyclic amines) is 1. The van der Waals surface area contributed by atoms with Crippen LogP contribution < -0.4 is 5.32 Å². The lowest BCUT2D eigenvalue weighted by molar-refractivity contribution is -0.145. The van der Waals surface area contributed by atoms with E-state index >= 15 is 0 Å². The van der Waals surface area contributed by atoms with Gasteiger partial charge in [-0.15, -0.1) is 12.4 Å². The second kappa shape index (κ2) is 17.8. The average molecular weight is 745 g/mol. The largest absolute Gasteiger partial charge is 0.468 e. The normalized spacial score (nSPS) is 22.0. The second-order valence-electron chi connectivity index (χ2n) is 14.0. The third-order valence-corrected chi connectivity index (χ3v) is 9.25. The van der Waals surface area contributed by atoms with Crippen molar-refractivity contribution in [3.63, 3.8) is 0 Å². The molecule has 2 aromatic carbocycles. The maximum Gasteiger partial charge on any atom is 0.411 e. The van der Waals surface area contributed by atoms with Crippen molar-refractivity contribution >= 4 is 42.6 Å². The van der Waals surface area contributed by atoms with E-state index < -0.39 is 35.9 Å². The van der Waals surface area contributed by atoms with Gasteiger partial charge < -0.3 is 38.8 Å². The molecule has 2 saturated heterocycles. The molecule has 0 saturated carbocycles. The van der Waals surface area contributed by atoms with Crippen LogP contribution in [0.2, 0.25) is 0 Å². The number of carbonyl (C=O) groups excluding carboxylic acids is 5. The molecular weight excluding hydrogens is 696 g/mol. The summed E-state index contributed by atoms with van der Waals surface area (Å²) in [7, 11) is 2.62. The number of fused-ring (bicyclic) bond motifs is 2. The Bertz CT molecular complexity index is 1600. The van der Waals surface area contributed by atoms with E-state index in [1.54, 1.807) is 30.6 Å². The van der Waals surface area contributed by atoms with Crippen LogP contribution in [0.1, 0.15) is 55.9 Å². The first-order chi connectivity index (χ1) is 24.3. The molecule has 52 heavy (non-hydrogen) atoms. The quantitative estimate of drug-likeness (QED) is 0.354. The molecule has 15 heteroatoms. The summed E-state index contributed by atoms with van der Waals surface area (Å²) in [6, 6.07) is 14.9. The molecule has 0 aliphatic carbocycles. The van der Waals surface area contributed by atoms with Crippen LogP contribution in [0.15, 0.2) is 48.5 Å². The highest BCUT2D eigenvalue weighted by Crippen LogP contribution is 2.26. The SMILES string of the molecule is COC(=O)[C@@H]1C[C@@H](OC(=O)N2CCc3ccccc3C2)CN1.COC(=O)[C@@H]1C[C@@H](OC(=O)N2CCc3ccccc3C2)CN1C(=O)OC(C)(C)C.Cl. The van der Waals surface area contributed by atoms with Gasteiger partial charge in [-0.1, -0.05) is 48.5 Å². The van der Waals surface area contributed by atoms with Crippen molar-refractivity contribution in [1.29, 1.82) is 0 Å². The van der Waals surface area contributed by atoms with E-state index in [0.29, 0.717) is 39.1 Å². The molecule has 4 atom stereocenters. The number of methoxy groups -OCH3 is 2. The molecule has 4 heterocycles. The first kappa shape index (κ1) is 40.2. The Kier molecular flexibility index (Phi) is 13.7. The fourth-order valence-corrected chi connectivity index (χ4v) is 6.62. The third kappa shape index (κ3) is 10.3. The fraction of sp³-hybridized carbons (Fsp3) is 0.541. The molecule has 2 aromatic rings. The maximum absolute atomic E-state index is 12.7. The van der Waals surface area contributed by atoms with Gasteiger partial charge in [0.2, 0.25) is 0 Å². The first-order valence-electron chi connectivity index (χ1n) is 17.3. The summed E-state index contributed by atoms with van der Waals surface area (Å²) in [5.74, 6) is -0.869. The molecule has 2 fully saturated rings. The van der Waals surface area contributed by atoms with Crippen molar-refractivity contribution in [3.05, 3.63) is 70.8 Å². The van der Waals surface area contributed by atoms with Gasteiger partial charge in [0.05, 0.1) is 20.8 Å². The summed E-state index contributed by atoms with van der Waals surface area (Å²) in [5.41, 5.74) is 4.10. The highest BCUT2D eigenvalue weighted by molar-refractivity contribution is 5.85. The minimum Gasteiger partial charge on any atom is -0.468 e. The van der Waals surface area contributed by atoms with Crippen LogP contribution >= 0.6 is 12.4 Å². The summed E-state index contributed by atoms with van der Waals surface area (Å²) in [5, 5.41) is 3.01. The van der Waals surface area contributed by atoms with E-state index in [-0.39, 0.29) is 49.6 Å². The maximum atomic E-state index is 12.7. The summed E-state index contributed by atoms with van der Waals surface area (Å²) in [6.45, 7) is 8.11. The number of hydrogen-bond acceptors (Lipinski definition) is 11. The number of benzene rings is 2. The minimum absolute atomic E-state index is 0. The number of esters is 2. The third-order valence-electron chi connectivity index (χ3n) is 9.25. The highest BCUT2D eigenvalue weighted by atomic mass is 35.5. The molecule has 14 nitrogen and oxygen atoms in total. The Labute approximate surface area is 310 Å². The lowest BCUT2D eigenvalue weighted by atomic mass is 10.0. The molecular formula is C37H49ClN4O10. The number of amides is 3. The van der Waals surface area contributed by atoms with Gasteiger partial charge in [-0.25, -0.2) is 19.2 Å². The van der Waals surface area contributed by atoms with Gasteiger partial charge in [0.15, 0.2) is 0 Å². The Morgan fingerprint density at radius 2 is 1.19 bits per heavy atom. The van der Waals surface area contributed by atoms with Gasteiger partial charge in [0.25, 0.3) is 0 Å². The highest BCUT2D eigenvalue weighted by Gasteiger charge is 2.44. The predicted molar refractivity (Wildman–Crippen MR) is 191 cm³/mol. The smallest absolute Gasteiger partial charge is 0.411 e. The van der Waals surface area contributed by atoms with Crippen LogP contribution in [0, 0.1) is 0 Å². The topological polar surface area (TPSA) is 153 Å². The van der Waals surface area contributed by atoms with Crippen molar-refractivity contribution in [3.8, 4) is 0 Å². The monoisotopic (exact) mass is 744 g/mol. The van der Waals surface area contributed by atoms with Gasteiger partial charge in [-0.2, -0.15) is 0 Å². The van der Waals surface area contributed by atoms with Gasteiger partial charge in [-0.3, -0.25) is 9.69 Å². The summed E-state index contributed by atoms with van der Waals surface area (Å²) in [4.78, 5) is 65.7.